The summed E-state index contributed by atoms with van der Waals surface area (Å²) in [5.41, 5.74) is -0.268. The summed E-state index contributed by atoms with van der Waals surface area (Å²) >= 11 is 6.14. The van der Waals surface area contributed by atoms with Gasteiger partial charge in [0.15, 0.2) is 0 Å². The highest BCUT2D eigenvalue weighted by atomic mass is 35.5. The van der Waals surface area contributed by atoms with E-state index in [4.69, 9.17) is 20.8 Å². The van der Waals surface area contributed by atoms with Gasteiger partial charge < -0.3 is 14.3 Å². The molecule has 1 N–H and O–H groups in total. The molecule has 0 bridgehead atoms. The van der Waals surface area contributed by atoms with E-state index in [0.717, 1.165) is 0 Å². The molecule has 0 aliphatic carbocycles. The topological polar surface area (TPSA) is 59.7 Å². The fourth-order valence-electron chi connectivity index (χ4n) is 2.18. The van der Waals surface area contributed by atoms with Gasteiger partial charge in [0.05, 0.1) is 17.5 Å². The Kier molecular flexibility index (Phi) is 2.61. The van der Waals surface area contributed by atoms with E-state index in [-0.39, 0.29) is 11.3 Å². The van der Waals surface area contributed by atoms with Crippen LogP contribution in [0.2, 0.25) is 5.02 Å². The van der Waals surface area contributed by atoms with Crippen molar-refractivity contribution >= 4 is 33.3 Å². The summed E-state index contributed by atoms with van der Waals surface area (Å²) < 4.78 is 10.5. The molecule has 0 radical (unpaired) electrons. The first kappa shape index (κ1) is 11.9. The predicted molar refractivity (Wildman–Crippen MR) is 73.2 cm³/mol. The molecule has 0 saturated carbocycles. The molecule has 0 aliphatic rings. The molecule has 3 rings (SSSR count). The number of rotatable bonds is 1. The lowest BCUT2D eigenvalue weighted by Crippen LogP contribution is -2.01. The zero-order valence-electron chi connectivity index (χ0n) is 9.94. The second kappa shape index (κ2) is 4.17. The van der Waals surface area contributed by atoms with Crippen LogP contribution in [-0.2, 0) is 0 Å². The number of hydrogen-bond acceptors (Lipinski definition) is 4. The lowest BCUT2D eigenvalue weighted by Gasteiger charge is -2.09. The molecule has 5 heteroatoms. The van der Waals surface area contributed by atoms with E-state index in [0.29, 0.717) is 26.9 Å². The molecule has 0 atom stereocenters. The Hall–Kier alpha value is -2.20. The summed E-state index contributed by atoms with van der Waals surface area (Å²) in [6.07, 6.45) is 0. The highest BCUT2D eigenvalue weighted by Gasteiger charge is 2.15. The molecule has 96 valence electrons. The average molecular weight is 277 g/mol. The third-order valence-corrected chi connectivity index (χ3v) is 3.26. The molecular weight excluding hydrogens is 268 g/mol. The molecule has 0 fully saturated rings. The van der Waals surface area contributed by atoms with Gasteiger partial charge in [-0.15, -0.1) is 0 Å². The van der Waals surface area contributed by atoms with Gasteiger partial charge in [-0.1, -0.05) is 17.7 Å². The highest BCUT2D eigenvalue weighted by Crippen LogP contribution is 2.37. The molecular formula is C14H9ClO4. The monoisotopic (exact) mass is 276 g/mol. The van der Waals surface area contributed by atoms with Crippen LogP contribution in [0.5, 0.6) is 11.5 Å². The van der Waals surface area contributed by atoms with Gasteiger partial charge in [-0.05, 0) is 18.2 Å². The van der Waals surface area contributed by atoms with Crippen molar-refractivity contribution in [1.29, 1.82) is 0 Å². The second-order valence-corrected chi connectivity index (χ2v) is 4.48. The van der Waals surface area contributed by atoms with E-state index in [1.54, 1.807) is 18.2 Å². The van der Waals surface area contributed by atoms with Crippen molar-refractivity contribution in [3.8, 4) is 11.5 Å². The summed E-state index contributed by atoms with van der Waals surface area (Å²) in [6.45, 7) is 0. The lowest BCUT2D eigenvalue weighted by atomic mass is 10.1. The van der Waals surface area contributed by atoms with E-state index in [1.165, 1.54) is 19.2 Å². The highest BCUT2D eigenvalue weighted by molar-refractivity contribution is 6.38. The van der Waals surface area contributed by atoms with Gasteiger partial charge in [0.2, 0.25) is 0 Å². The van der Waals surface area contributed by atoms with Crippen LogP contribution in [0, 0.1) is 0 Å². The Balaban J connectivity index is 2.68. The fourth-order valence-corrected chi connectivity index (χ4v) is 2.47. The third kappa shape index (κ3) is 1.72. The molecule has 0 aliphatic heterocycles. The van der Waals surface area contributed by atoms with Crippen LogP contribution in [0.3, 0.4) is 0 Å². The summed E-state index contributed by atoms with van der Waals surface area (Å²) in [7, 11) is 1.52. The van der Waals surface area contributed by atoms with Crippen LogP contribution in [0.15, 0.2) is 39.5 Å². The molecule has 1 aromatic heterocycles. The van der Waals surface area contributed by atoms with Crippen molar-refractivity contribution in [2.75, 3.05) is 7.11 Å². The van der Waals surface area contributed by atoms with Gasteiger partial charge in [-0.25, -0.2) is 4.79 Å². The standard InChI is InChI=1S/C14H9ClO4/c1-18-10-4-2-3-8-12(10)13-9(15)5-7(16)6-11(13)19-14(8)17/h2-6,16H,1H3. The first-order chi connectivity index (χ1) is 9.11. The maximum atomic E-state index is 11.9. The van der Waals surface area contributed by atoms with Crippen LogP contribution < -0.4 is 10.4 Å². The lowest BCUT2D eigenvalue weighted by molar-refractivity contribution is 0.419. The van der Waals surface area contributed by atoms with Crippen LogP contribution in [0.1, 0.15) is 0 Å². The van der Waals surface area contributed by atoms with Crippen molar-refractivity contribution in [2.45, 2.75) is 0 Å². The van der Waals surface area contributed by atoms with E-state index in [2.05, 4.69) is 0 Å². The Morgan fingerprint density at radius 3 is 2.79 bits per heavy atom. The largest absolute Gasteiger partial charge is 0.508 e. The van der Waals surface area contributed by atoms with E-state index >= 15 is 0 Å². The number of phenols is 1. The molecule has 1 heterocycles. The van der Waals surface area contributed by atoms with Crippen LogP contribution in [0.25, 0.3) is 21.7 Å². The van der Waals surface area contributed by atoms with Crippen molar-refractivity contribution < 1.29 is 14.3 Å². The van der Waals surface area contributed by atoms with Gasteiger partial charge in [0.25, 0.3) is 0 Å². The van der Waals surface area contributed by atoms with E-state index in [1.807, 2.05) is 0 Å². The fraction of sp³-hybridized carbons (Fsp3) is 0.0714. The molecule has 4 nitrogen and oxygen atoms in total. The van der Waals surface area contributed by atoms with Gasteiger partial charge in [0.1, 0.15) is 17.1 Å². The summed E-state index contributed by atoms with van der Waals surface area (Å²) in [5, 5.41) is 11.3. The molecule has 19 heavy (non-hydrogen) atoms. The predicted octanol–water partition coefficient (Wildman–Crippen LogP) is 3.31. The Labute approximate surface area is 112 Å². The Morgan fingerprint density at radius 2 is 2.05 bits per heavy atom. The van der Waals surface area contributed by atoms with E-state index < -0.39 is 5.63 Å². The van der Waals surface area contributed by atoms with Crippen molar-refractivity contribution in [2.24, 2.45) is 0 Å². The number of fused-ring (bicyclic) bond motifs is 3. The maximum Gasteiger partial charge on any atom is 0.344 e. The van der Waals surface area contributed by atoms with Gasteiger partial charge in [-0.3, -0.25) is 0 Å². The summed E-state index contributed by atoms with van der Waals surface area (Å²) in [5.74, 6) is 0.470. The number of methoxy groups -OCH3 is 1. The van der Waals surface area contributed by atoms with Gasteiger partial charge in [-0.2, -0.15) is 0 Å². The Morgan fingerprint density at radius 1 is 1.26 bits per heavy atom. The number of phenolic OH excluding ortho intramolecular Hbond substituents is 1. The minimum absolute atomic E-state index is 0.0603. The molecule has 0 unspecified atom stereocenters. The zero-order valence-corrected chi connectivity index (χ0v) is 10.7. The number of benzene rings is 2. The molecule has 0 saturated heterocycles. The first-order valence-electron chi connectivity index (χ1n) is 5.54. The number of hydrogen-bond donors (Lipinski definition) is 1. The van der Waals surface area contributed by atoms with Gasteiger partial charge >= 0.3 is 5.63 Å². The maximum absolute atomic E-state index is 11.9. The molecule has 3 aromatic rings. The minimum atomic E-state index is -0.497. The molecule has 0 spiro atoms. The zero-order chi connectivity index (χ0) is 13.6. The van der Waals surface area contributed by atoms with Gasteiger partial charge in [0, 0.05) is 16.8 Å². The quantitative estimate of drug-likeness (QED) is 0.547. The Bertz CT molecular complexity index is 851. The average Bonchev–Trinajstić information content (AvgIpc) is 2.37. The first-order valence-corrected chi connectivity index (χ1v) is 5.91. The van der Waals surface area contributed by atoms with Crippen LogP contribution >= 0.6 is 11.6 Å². The van der Waals surface area contributed by atoms with Crippen molar-refractivity contribution in [3.63, 3.8) is 0 Å². The normalized spacial score (nSPS) is 11.1. The molecule has 0 amide bonds. The van der Waals surface area contributed by atoms with Crippen LogP contribution in [-0.4, -0.2) is 12.2 Å². The summed E-state index contributed by atoms with van der Waals surface area (Å²) in [6, 6.07) is 7.85. The smallest absolute Gasteiger partial charge is 0.344 e. The minimum Gasteiger partial charge on any atom is -0.508 e. The molecule has 2 aromatic carbocycles. The number of ether oxygens (including phenoxy) is 1. The SMILES string of the molecule is COc1cccc2c(=O)oc3cc(O)cc(Cl)c3c12. The second-order valence-electron chi connectivity index (χ2n) is 4.07. The summed E-state index contributed by atoms with van der Waals surface area (Å²) in [4.78, 5) is 11.9. The van der Waals surface area contributed by atoms with Crippen LogP contribution in [0.4, 0.5) is 0 Å². The van der Waals surface area contributed by atoms with Crippen molar-refractivity contribution in [1.82, 2.24) is 0 Å². The third-order valence-electron chi connectivity index (χ3n) is 2.96. The van der Waals surface area contributed by atoms with Crippen molar-refractivity contribution in [3.05, 3.63) is 45.8 Å². The number of halogens is 1. The number of aromatic hydroxyl groups is 1. The van der Waals surface area contributed by atoms with E-state index in [9.17, 15) is 9.90 Å².